The lowest BCUT2D eigenvalue weighted by atomic mass is 10.2. The zero-order chi connectivity index (χ0) is 21.5. The second-order valence-corrected chi connectivity index (χ2v) is 7.64. The van der Waals surface area contributed by atoms with Gasteiger partial charge in [-0.1, -0.05) is 42.1 Å². The largest absolute Gasteiger partial charge is 0.459 e. The number of furan rings is 1. The molecular weight excluding hydrogens is 410 g/mol. The van der Waals surface area contributed by atoms with Crippen molar-refractivity contribution in [3.8, 4) is 0 Å². The van der Waals surface area contributed by atoms with Gasteiger partial charge in [-0.2, -0.15) is 0 Å². The Bertz CT molecular complexity index is 1160. The monoisotopic (exact) mass is 429 g/mol. The molecular formula is C24H19N3O3S. The Labute approximate surface area is 183 Å². The van der Waals surface area contributed by atoms with E-state index in [1.165, 1.54) is 18.0 Å². The van der Waals surface area contributed by atoms with E-state index in [9.17, 15) is 9.59 Å². The lowest BCUT2D eigenvalue weighted by molar-refractivity contribution is 0.0946. The number of carbonyl (C=O) groups is 2. The molecule has 0 bridgehead atoms. The zero-order valence-electron chi connectivity index (χ0n) is 16.4. The second-order valence-electron chi connectivity index (χ2n) is 6.58. The summed E-state index contributed by atoms with van der Waals surface area (Å²) < 4.78 is 5.08. The van der Waals surface area contributed by atoms with Crippen LogP contribution in [-0.4, -0.2) is 16.8 Å². The van der Waals surface area contributed by atoms with Crippen LogP contribution in [0.2, 0.25) is 0 Å². The number of hydrogen-bond acceptors (Lipinski definition) is 5. The highest BCUT2D eigenvalue weighted by atomic mass is 32.2. The van der Waals surface area contributed by atoms with E-state index in [0.29, 0.717) is 22.8 Å². The molecule has 154 valence electrons. The summed E-state index contributed by atoms with van der Waals surface area (Å²) in [5.41, 5.74) is 2.08. The minimum absolute atomic E-state index is 0.193. The van der Waals surface area contributed by atoms with E-state index in [2.05, 4.69) is 15.6 Å². The molecule has 31 heavy (non-hydrogen) atoms. The van der Waals surface area contributed by atoms with E-state index in [1.54, 1.807) is 42.6 Å². The van der Waals surface area contributed by atoms with Gasteiger partial charge in [-0.25, -0.2) is 4.98 Å². The summed E-state index contributed by atoms with van der Waals surface area (Å²) in [6.45, 7) is 0.357. The maximum atomic E-state index is 12.7. The Balaban J connectivity index is 1.36. The van der Waals surface area contributed by atoms with Crippen LogP contribution in [0.25, 0.3) is 0 Å². The molecule has 0 unspecified atom stereocenters. The van der Waals surface area contributed by atoms with Crippen LogP contribution in [-0.2, 0) is 6.54 Å². The first-order chi connectivity index (χ1) is 15.2. The smallest absolute Gasteiger partial charge is 0.291 e. The topological polar surface area (TPSA) is 84.2 Å². The molecule has 0 fully saturated rings. The molecule has 0 saturated carbocycles. The van der Waals surface area contributed by atoms with Crippen molar-refractivity contribution in [2.75, 3.05) is 5.32 Å². The SMILES string of the molecule is O=C(Nc1ccc(CNC(=O)c2cccnc2Sc2ccccc2)cc1)c1ccco1. The first kappa shape index (κ1) is 20.4. The van der Waals surface area contributed by atoms with Gasteiger partial charge in [0.1, 0.15) is 5.03 Å². The molecule has 2 heterocycles. The quantitative estimate of drug-likeness (QED) is 0.431. The summed E-state index contributed by atoms with van der Waals surface area (Å²) in [6.07, 6.45) is 3.13. The van der Waals surface area contributed by atoms with E-state index in [0.717, 1.165) is 10.5 Å². The van der Waals surface area contributed by atoms with Gasteiger partial charge in [-0.15, -0.1) is 0 Å². The van der Waals surface area contributed by atoms with Crippen molar-refractivity contribution in [3.63, 3.8) is 0 Å². The molecule has 0 radical (unpaired) electrons. The van der Waals surface area contributed by atoms with Gasteiger partial charge in [-0.05, 0) is 54.1 Å². The van der Waals surface area contributed by atoms with E-state index < -0.39 is 0 Å². The van der Waals surface area contributed by atoms with Crippen molar-refractivity contribution in [1.82, 2.24) is 10.3 Å². The average Bonchev–Trinajstić information content (AvgIpc) is 3.35. The molecule has 0 aliphatic heterocycles. The fourth-order valence-electron chi connectivity index (χ4n) is 2.83. The number of benzene rings is 2. The number of anilines is 1. The number of pyridine rings is 1. The van der Waals surface area contributed by atoms with Gasteiger partial charge in [0.15, 0.2) is 5.76 Å². The molecule has 0 saturated heterocycles. The average molecular weight is 430 g/mol. The number of nitrogens with zero attached hydrogens (tertiary/aromatic N) is 1. The van der Waals surface area contributed by atoms with E-state index in [-0.39, 0.29) is 17.6 Å². The molecule has 4 rings (SSSR count). The Morgan fingerprint density at radius 3 is 2.42 bits per heavy atom. The van der Waals surface area contributed by atoms with Gasteiger partial charge in [0.05, 0.1) is 11.8 Å². The Morgan fingerprint density at radius 2 is 1.68 bits per heavy atom. The first-order valence-corrected chi connectivity index (χ1v) is 10.4. The summed E-state index contributed by atoms with van der Waals surface area (Å²) in [4.78, 5) is 30.1. The van der Waals surface area contributed by atoms with Gasteiger partial charge >= 0.3 is 0 Å². The number of nitrogens with one attached hydrogen (secondary N) is 2. The highest BCUT2D eigenvalue weighted by Gasteiger charge is 2.13. The number of carbonyl (C=O) groups excluding carboxylic acids is 2. The molecule has 2 aromatic heterocycles. The van der Waals surface area contributed by atoms with Crippen LogP contribution in [0.5, 0.6) is 0 Å². The predicted molar refractivity (Wildman–Crippen MR) is 119 cm³/mol. The van der Waals surface area contributed by atoms with Gasteiger partial charge in [0.2, 0.25) is 0 Å². The van der Waals surface area contributed by atoms with Crippen molar-refractivity contribution < 1.29 is 14.0 Å². The fourth-order valence-corrected chi connectivity index (χ4v) is 3.73. The molecule has 2 N–H and O–H groups in total. The van der Waals surface area contributed by atoms with Crippen molar-refractivity contribution in [2.45, 2.75) is 16.5 Å². The number of rotatable bonds is 7. The van der Waals surface area contributed by atoms with Crippen LogP contribution in [0.1, 0.15) is 26.5 Å². The third-order valence-corrected chi connectivity index (χ3v) is 5.41. The van der Waals surface area contributed by atoms with Gasteiger partial charge in [-0.3, -0.25) is 9.59 Å². The molecule has 2 aromatic carbocycles. The summed E-state index contributed by atoms with van der Waals surface area (Å²) in [5, 5.41) is 6.35. The molecule has 0 spiro atoms. The maximum absolute atomic E-state index is 12.7. The summed E-state index contributed by atoms with van der Waals surface area (Å²) in [7, 11) is 0. The van der Waals surface area contributed by atoms with E-state index in [1.807, 2.05) is 42.5 Å². The number of hydrogen-bond donors (Lipinski definition) is 2. The minimum Gasteiger partial charge on any atom is -0.459 e. The Morgan fingerprint density at radius 1 is 0.871 bits per heavy atom. The number of aromatic nitrogens is 1. The molecule has 0 aliphatic carbocycles. The fraction of sp³-hybridized carbons (Fsp3) is 0.0417. The van der Waals surface area contributed by atoms with Crippen LogP contribution in [0.15, 0.2) is 106 Å². The highest BCUT2D eigenvalue weighted by molar-refractivity contribution is 7.99. The van der Waals surface area contributed by atoms with E-state index in [4.69, 9.17) is 4.42 Å². The molecule has 6 nitrogen and oxygen atoms in total. The van der Waals surface area contributed by atoms with E-state index >= 15 is 0 Å². The van der Waals surface area contributed by atoms with Gasteiger partial charge in [0, 0.05) is 23.3 Å². The van der Waals surface area contributed by atoms with Crippen LogP contribution in [0.3, 0.4) is 0 Å². The molecule has 4 aromatic rings. The molecule has 0 atom stereocenters. The predicted octanol–water partition coefficient (Wildman–Crippen LogP) is 5.01. The van der Waals surface area contributed by atoms with Crippen molar-refractivity contribution >= 4 is 29.3 Å². The number of amides is 2. The normalized spacial score (nSPS) is 10.5. The molecule has 2 amide bonds. The maximum Gasteiger partial charge on any atom is 0.291 e. The summed E-state index contributed by atoms with van der Waals surface area (Å²) in [6, 6.07) is 23.8. The highest BCUT2D eigenvalue weighted by Crippen LogP contribution is 2.28. The second kappa shape index (κ2) is 9.77. The lowest BCUT2D eigenvalue weighted by Crippen LogP contribution is -2.23. The molecule has 7 heteroatoms. The summed E-state index contributed by atoms with van der Waals surface area (Å²) >= 11 is 1.45. The minimum atomic E-state index is -0.314. The Kier molecular flexibility index (Phi) is 6.44. The third kappa shape index (κ3) is 5.40. The Hall–Kier alpha value is -3.84. The summed E-state index contributed by atoms with van der Waals surface area (Å²) in [5.74, 6) is -0.259. The zero-order valence-corrected chi connectivity index (χ0v) is 17.3. The van der Waals surface area contributed by atoms with Crippen LogP contribution < -0.4 is 10.6 Å². The van der Waals surface area contributed by atoms with Crippen LogP contribution in [0.4, 0.5) is 5.69 Å². The standard InChI is InChI=1S/C24H19N3O3S/c28-22(20-8-4-14-25-24(20)31-19-6-2-1-3-7-19)26-16-17-10-12-18(13-11-17)27-23(29)21-9-5-15-30-21/h1-15H,16H2,(H,26,28)(H,27,29). The van der Waals surface area contributed by atoms with Crippen molar-refractivity contribution in [2.24, 2.45) is 0 Å². The van der Waals surface area contributed by atoms with Crippen LogP contribution in [0, 0.1) is 0 Å². The van der Waals surface area contributed by atoms with Crippen LogP contribution >= 0.6 is 11.8 Å². The third-order valence-electron chi connectivity index (χ3n) is 4.38. The van der Waals surface area contributed by atoms with Crippen molar-refractivity contribution in [1.29, 1.82) is 0 Å². The van der Waals surface area contributed by atoms with Gasteiger partial charge < -0.3 is 15.1 Å². The molecule has 0 aliphatic rings. The first-order valence-electron chi connectivity index (χ1n) is 9.59. The van der Waals surface area contributed by atoms with Gasteiger partial charge in [0.25, 0.3) is 11.8 Å². The van der Waals surface area contributed by atoms with Crippen molar-refractivity contribution in [3.05, 3.63) is 108 Å². The lowest BCUT2D eigenvalue weighted by Gasteiger charge is -2.10.